The summed E-state index contributed by atoms with van der Waals surface area (Å²) in [4.78, 5) is 0. The molecule has 0 bridgehead atoms. The van der Waals surface area contributed by atoms with Gasteiger partial charge in [-0.2, -0.15) is 0 Å². The van der Waals surface area contributed by atoms with Crippen molar-refractivity contribution in [3.05, 3.63) is 36.0 Å². The van der Waals surface area contributed by atoms with Crippen LogP contribution in [0.4, 0.5) is 4.39 Å². The predicted octanol–water partition coefficient (Wildman–Crippen LogP) is 2.14. The van der Waals surface area contributed by atoms with Crippen LogP contribution in [-0.2, 0) is 16.4 Å². The van der Waals surface area contributed by atoms with Gasteiger partial charge in [-0.05, 0) is 30.7 Å². The average Bonchev–Trinajstić information content (AvgIpc) is 2.94. The molecule has 120 valence electrons. The first kappa shape index (κ1) is 16.6. The van der Waals surface area contributed by atoms with Crippen LogP contribution in [0.25, 0.3) is 11.5 Å². The van der Waals surface area contributed by atoms with Crippen LogP contribution >= 0.6 is 0 Å². The summed E-state index contributed by atoms with van der Waals surface area (Å²) in [5.41, 5.74) is 0.615. The second-order valence-corrected chi connectivity index (χ2v) is 6.75. The van der Waals surface area contributed by atoms with Crippen molar-refractivity contribution in [3.8, 4) is 11.5 Å². The zero-order valence-electron chi connectivity index (χ0n) is 12.3. The van der Waals surface area contributed by atoms with E-state index >= 15 is 0 Å². The minimum atomic E-state index is -3.25. The second-order valence-electron chi connectivity index (χ2n) is 4.82. The summed E-state index contributed by atoms with van der Waals surface area (Å²) in [5, 5.41) is 7.72. The lowest BCUT2D eigenvalue weighted by molar-refractivity contribution is 0.501. The van der Waals surface area contributed by atoms with E-state index in [4.69, 9.17) is 4.42 Å². The van der Waals surface area contributed by atoms with Gasteiger partial charge in [0.25, 0.3) is 0 Å². The Labute approximate surface area is 128 Å². The van der Waals surface area contributed by atoms with Crippen LogP contribution in [0, 0.1) is 5.82 Å². The van der Waals surface area contributed by atoms with Gasteiger partial charge in [0, 0.05) is 18.5 Å². The quantitative estimate of drug-likeness (QED) is 0.803. The van der Waals surface area contributed by atoms with Crippen LogP contribution in [0.5, 0.6) is 0 Å². The molecule has 1 aromatic heterocycles. The predicted molar refractivity (Wildman–Crippen MR) is 80.1 cm³/mol. The lowest BCUT2D eigenvalue weighted by atomic mass is 10.2. The maximum Gasteiger partial charge on any atom is 0.247 e. The molecule has 0 radical (unpaired) electrons. The summed E-state index contributed by atoms with van der Waals surface area (Å²) in [7, 11) is -3.25. The molecule has 0 aliphatic rings. The third-order valence-corrected chi connectivity index (χ3v) is 4.46. The number of benzene rings is 1. The Kier molecular flexibility index (Phi) is 5.62. The molecule has 0 spiro atoms. The number of rotatable bonds is 8. The van der Waals surface area contributed by atoms with Crippen molar-refractivity contribution >= 4 is 10.0 Å². The van der Waals surface area contributed by atoms with Crippen LogP contribution in [0.15, 0.2) is 28.7 Å². The number of hydrogen-bond donors (Lipinski definition) is 1. The molecule has 0 atom stereocenters. The van der Waals surface area contributed by atoms with Gasteiger partial charge in [0.15, 0.2) is 0 Å². The van der Waals surface area contributed by atoms with E-state index in [1.54, 1.807) is 12.1 Å². The fourth-order valence-corrected chi connectivity index (χ4v) is 3.01. The summed E-state index contributed by atoms with van der Waals surface area (Å²) in [6.45, 7) is 2.14. The third kappa shape index (κ3) is 4.88. The van der Waals surface area contributed by atoms with Crippen molar-refractivity contribution in [2.75, 3.05) is 12.3 Å². The summed E-state index contributed by atoms with van der Waals surface area (Å²) in [6.07, 6.45) is 1.76. The number of nitrogens with one attached hydrogen (secondary N) is 1. The Bertz CT molecular complexity index is 698. The van der Waals surface area contributed by atoms with Gasteiger partial charge in [-0.15, -0.1) is 10.2 Å². The van der Waals surface area contributed by atoms with Gasteiger partial charge in [0.2, 0.25) is 21.8 Å². The number of aromatic nitrogens is 2. The van der Waals surface area contributed by atoms with Gasteiger partial charge in [-0.25, -0.2) is 17.5 Å². The van der Waals surface area contributed by atoms with Crippen LogP contribution in [0.1, 0.15) is 25.7 Å². The summed E-state index contributed by atoms with van der Waals surface area (Å²) >= 11 is 0. The minimum Gasteiger partial charge on any atom is -0.421 e. The molecule has 6 nitrogen and oxygen atoms in total. The fraction of sp³-hybridized carbons (Fsp3) is 0.429. The van der Waals surface area contributed by atoms with Crippen molar-refractivity contribution in [3.63, 3.8) is 0 Å². The fourth-order valence-electron chi connectivity index (χ4n) is 1.78. The smallest absolute Gasteiger partial charge is 0.247 e. The van der Waals surface area contributed by atoms with E-state index in [9.17, 15) is 12.8 Å². The largest absolute Gasteiger partial charge is 0.421 e. The van der Waals surface area contributed by atoms with Gasteiger partial charge >= 0.3 is 0 Å². The van der Waals surface area contributed by atoms with Gasteiger partial charge < -0.3 is 4.42 Å². The molecule has 0 fully saturated rings. The van der Waals surface area contributed by atoms with E-state index in [-0.39, 0.29) is 24.0 Å². The van der Waals surface area contributed by atoms with E-state index in [2.05, 4.69) is 14.9 Å². The maximum atomic E-state index is 12.8. The Hall–Kier alpha value is -1.80. The van der Waals surface area contributed by atoms with E-state index in [0.29, 0.717) is 24.3 Å². The molecule has 2 aromatic rings. The molecule has 8 heteroatoms. The molecule has 1 aromatic carbocycles. The van der Waals surface area contributed by atoms with E-state index in [1.165, 1.54) is 12.1 Å². The standard InChI is InChI=1S/C14H18FN3O3S/c1-2-3-10-22(19,20)16-9-8-13-17-18-14(21-13)11-4-6-12(15)7-5-11/h4-7,16H,2-3,8-10H2,1H3. The molecule has 2 rings (SSSR count). The number of hydrogen-bond acceptors (Lipinski definition) is 5. The first-order valence-electron chi connectivity index (χ1n) is 7.06. The maximum absolute atomic E-state index is 12.8. The molecular weight excluding hydrogens is 309 g/mol. The van der Waals surface area contributed by atoms with Crippen LogP contribution in [0.2, 0.25) is 0 Å². The molecular formula is C14H18FN3O3S. The highest BCUT2D eigenvalue weighted by molar-refractivity contribution is 7.89. The lowest BCUT2D eigenvalue weighted by Crippen LogP contribution is -2.28. The first-order chi connectivity index (χ1) is 10.5. The van der Waals surface area contributed by atoms with E-state index < -0.39 is 10.0 Å². The molecule has 0 aliphatic carbocycles. The van der Waals surface area contributed by atoms with Crippen molar-refractivity contribution in [1.29, 1.82) is 0 Å². The van der Waals surface area contributed by atoms with Crippen molar-refractivity contribution in [1.82, 2.24) is 14.9 Å². The molecule has 1 heterocycles. The van der Waals surface area contributed by atoms with Crippen molar-refractivity contribution in [2.45, 2.75) is 26.2 Å². The molecule has 1 N–H and O–H groups in total. The second kappa shape index (κ2) is 7.46. The number of nitrogens with zero attached hydrogens (tertiary/aromatic N) is 2. The Morgan fingerprint density at radius 1 is 1.23 bits per heavy atom. The molecule has 0 saturated carbocycles. The lowest BCUT2D eigenvalue weighted by Gasteiger charge is -2.03. The van der Waals surface area contributed by atoms with E-state index in [1.807, 2.05) is 6.92 Å². The van der Waals surface area contributed by atoms with Crippen molar-refractivity contribution in [2.24, 2.45) is 0 Å². The molecule has 22 heavy (non-hydrogen) atoms. The Balaban J connectivity index is 1.89. The topological polar surface area (TPSA) is 85.1 Å². The normalized spacial score (nSPS) is 11.7. The average molecular weight is 327 g/mol. The third-order valence-electron chi connectivity index (χ3n) is 2.99. The first-order valence-corrected chi connectivity index (χ1v) is 8.71. The zero-order valence-corrected chi connectivity index (χ0v) is 13.1. The van der Waals surface area contributed by atoms with E-state index in [0.717, 1.165) is 6.42 Å². The number of unbranched alkanes of at least 4 members (excludes halogenated alkanes) is 1. The van der Waals surface area contributed by atoms with Gasteiger partial charge in [-0.3, -0.25) is 0 Å². The SMILES string of the molecule is CCCCS(=O)(=O)NCCc1nnc(-c2ccc(F)cc2)o1. The van der Waals surface area contributed by atoms with Crippen LogP contribution < -0.4 is 4.72 Å². The molecule has 0 unspecified atom stereocenters. The summed E-state index contributed by atoms with van der Waals surface area (Å²) < 4.78 is 44.0. The number of halogens is 1. The van der Waals surface area contributed by atoms with Crippen LogP contribution in [-0.4, -0.2) is 30.9 Å². The monoisotopic (exact) mass is 327 g/mol. The highest BCUT2D eigenvalue weighted by atomic mass is 32.2. The highest BCUT2D eigenvalue weighted by Gasteiger charge is 2.11. The van der Waals surface area contributed by atoms with Crippen molar-refractivity contribution < 1.29 is 17.2 Å². The molecule has 0 aliphatic heterocycles. The molecule has 0 amide bonds. The molecule has 0 saturated heterocycles. The zero-order chi connectivity index (χ0) is 16.0. The van der Waals surface area contributed by atoms with Gasteiger partial charge in [0.05, 0.1) is 5.75 Å². The number of sulfonamides is 1. The minimum absolute atomic E-state index is 0.119. The Morgan fingerprint density at radius 3 is 2.64 bits per heavy atom. The van der Waals surface area contributed by atoms with Gasteiger partial charge in [0.1, 0.15) is 5.82 Å². The van der Waals surface area contributed by atoms with Gasteiger partial charge in [-0.1, -0.05) is 13.3 Å². The van der Waals surface area contributed by atoms with Crippen LogP contribution in [0.3, 0.4) is 0 Å². The highest BCUT2D eigenvalue weighted by Crippen LogP contribution is 2.18. The summed E-state index contributed by atoms with van der Waals surface area (Å²) in [5.74, 6) is 0.389. The summed E-state index contributed by atoms with van der Waals surface area (Å²) in [6, 6.07) is 5.70. The Morgan fingerprint density at radius 2 is 1.95 bits per heavy atom.